The van der Waals surface area contributed by atoms with E-state index in [2.05, 4.69) is 21.4 Å². The number of nitrogens with one attached hydrogen (secondary N) is 1. The summed E-state index contributed by atoms with van der Waals surface area (Å²) in [4.78, 5) is 14.5. The Morgan fingerprint density at radius 3 is 2.41 bits per heavy atom. The zero-order chi connectivity index (χ0) is 21.2. The molecule has 156 valence electrons. The quantitative estimate of drug-likeness (QED) is 0.521. The molecule has 1 aliphatic heterocycles. The normalized spacial score (nSPS) is 15.3. The van der Waals surface area contributed by atoms with Crippen LogP contribution >= 0.6 is 23.2 Å². The number of nitro benzene ring substituents is 1. The summed E-state index contributed by atoms with van der Waals surface area (Å²) in [5.74, 6) is 0. The van der Waals surface area contributed by atoms with Gasteiger partial charge in [-0.25, -0.2) is 8.42 Å². The minimum atomic E-state index is -4.09. The van der Waals surface area contributed by atoms with Gasteiger partial charge >= 0.3 is 0 Å². The van der Waals surface area contributed by atoms with Crippen molar-refractivity contribution in [2.45, 2.75) is 11.8 Å². The fourth-order valence-electron chi connectivity index (χ4n) is 3.17. The van der Waals surface area contributed by atoms with E-state index < -0.39 is 20.6 Å². The first-order valence-electron chi connectivity index (χ1n) is 8.95. The average molecular weight is 459 g/mol. The second kappa shape index (κ2) is 8.74. The molecule has 2 aromatic rings. The Bertz CT molecular complexity index is 1020. The standard InChI is InChI=1S/C18H20Cl2N4O4S/c1-2-22-7-9-23(10-8-22)17-6-3-13(19)11-16(17)21-29(27,28)14-4-5-15(20)18(12-14)24(25)26/h3-6,11-12,21H,2,7-10H2,1H3. The average Bonchev–Trinajstić information content (AvgIpc) is 2.68. The molecule has 8 nitrogen and oxygen atoms in total. The molecule has 0 spiro atoms. The van der Waals surface area contributed by atoms with Crippen LogP contribution in [-0.4, -0.2) is 51.0 Å². The van der Waals surface area contributed by atoms with Gasteiger partial charge in [0.15, 0.2) is 0 Å². The van der Waals surface area contributed by atoms with Crippen molar-refractivity contribution in [1.29, 1.82) is 0 Å². The molecule has 0 aliphatic carbocycles. The Labute approximate surface area is 179 Å². The van der Waals surface area contributed by atoms with Crippen molar-refractivity contribution < 1.29 is 13.3 Å². The summed E-state index contributed by atoms with van der Waals surface area (Å²) in [6.07, 6.45) is 0. The Morgan fingerprint density at radius 2 is 1.79 bits per heavy atom. The van der Waals surface area contributed by atoms with E-state index >= 15 is 0 Å². The number of likely N-dealkylation sites (N-methyl/N-ethyl adjacent to an activating group) is 1. The van der Waals surface area contributed by atoms with Crippen LogP contribution in [0.5, 0.6) is 0 Å². The van der Waals surface area contributed by atoms with Gasteiger partial charge in [0, 0.05) is 37.3 Å². The predicted molar refractivity (Wildman–Crippen MR) is 115 cm³/mol. The van der Waals surface area contributed by atoms with Crippen LogP contribution in [0.2, 0.25) is 10.0 Å². The minimum Gasteiger partial charge on any atom is -0.367 e. The van der Waals surface area contributed by atoms with Gasteiger partial charge < -0.3 is 9.80 Å². The van der Waals surface area contributed by atoms with Gasteiger partial charge in [0.2, 0.25) is 0 Å². The van der Waals surface area contributed by atoms with E-state index in [0.717, 1.165) is 38.8 Å². The number of nitro groups is 1. The van der Waals surface area contributed by atoms with Gasteiger partial charge in [-0.1, -0.05) is 30.1 Å². The van der Waals surface area contributed by atoms with Crippen molar-refractivity contribution in [3.05, 3.63) is 56.6 Å². The SMILES string of the molecule is CCN1CCN(c2ccc(Cl)cc2NS(=O)(=O)c2ccc(Cl)c([N+](=O)[O-])c2)CC1. The summed E-state index contributed by atoms with van der Waals surface area (Å²) in [5.41, 5.74) is 0.550. The largest absolute Gasteiger partial charge is 0.367 e. The molecule has 11 heteroatoms. The highest BCUT2D eigenvalue weighted by molar-refractivity contribution is 7.92. The molecule has 0 amide bonds. The van der Waals surface area contributed by atoms with E-state index in [9.17, 15) is 18.5 Å². The molecule has 0 radical (unpaired) electrons. The highest BCUT2D eigenvalue weighted by Crippen LogP contribution is 2.33. The lowest BCUT2D eigenvalue weighted by molar-refractivity contribution is -0.384. The smallest absolute Gasteiger partial charge is 0.289 e. The van der Waals surface area contributed by atoms with Gasteiger partial charge in [-0.15, -0.1) is 0 Å². The third kappa shape index (κ3) is 4.92. The third-order valence-corrected chi connectivity index (χ3v) is 6.71. The molecule has 0 saturated carbocycles. The molecule has 1 fully saturated rings. The van der Waals surface area contributed by atoms with E-state index in [-0.39, 0.29) is 9.92 Å². The first-order valence-corrected chi connectivity index (χ1v) is 11.2. The summed E-state index contributed by atoms with van der Waals surface area (Å²) < 4.78 is 28.3. The van der Waals surface area contributed by atoms with Crippen LogP contribution in [-0.2, 0) is 10.0 Å². The van der Waals surface area contributed by atoms with Gasteiger partial charge in [-0.3, -0.25) is 14.8 Å². The fourth-order valence-corrected chi connectivity index (χ4v) is 4.62. The van der Waals surface area contributed by atoms with Crippen LogP contribution in [0.4, 0.5) is 17.1 Å². The van der Waals surface area contributed by atoms with E-state index in [0.29, 0.717) is 16.4 Å². The van der Waals surface area contributed by atoms with Crippen molar-refractivity contribution in [2.75, 3.05) is 42.3 Å². The molecule has 0 bridgehead atoms. The van der Waals surface area contributed by atoms with E-state index in [1.807, 2.05) is 0 Å². The monoisotopic (exact) mass is 458 g/mol. The number of nitrogens with zero attached hydrogens (tertiary/aromatic N) is 3. The van der Waals surface area contributed by atoms with Gasteiger partial charge in [0.05, 0.1) is 21.2 Å². The van der Waals surface area contributed by atoms with Crippen molar-refractivity contribution in [3.8, 4) is 0 Å². The van der Waals surface area contributed by atoms with Crippen LogP contribution < -0.4 is 9.62 Å². The van der Waals surface area contributed by atoms with E-state index in [4.69, 9.17) is 23.2 Å². The molecule has 0 unspecified atom stereocenters. The summed E-state index contributed by atoms with van der Waals surface area (Å²) in [6.45, 7) is 6.29. The first-order chi connectivity index (χ1) is 13.7. The molecule has 0 atom stereocenters. The highest BCUT2D eigenvalue weighted by atomic mass is 35.5. The Kier molecular flexibility index (Phi) is 6.52. The minimum absolute atomic E-state index is 0.133. The summed E-state index contributed by atoms with van der Waals surface area (Å²) >= 11 is 11.9. The number of hydrogen-bond acceptors (Lipinski definition) is 6. The molecule has 1 aliphatic rings. The Hall–Kier alpha value is -2.07. The second-order valence-electron chi connectivity index (χ2n) is 6.56. The topological polar surface area (TPSA) is 95.8 Å². The number of halogens is 2. The molecule has 1 N–H and O–H groups in total. The van der Waals surface area contributed by atoms with Crippen LogP contribution in [0, 0.1) is 10.1 Å². The van der Waals surface area contributed by atoms with Crippen molar-refractivity contribution >= 4 is 50.3 Å². The van der Waals surface area contributed by atoms with Gasteiger partial charge in [0.1, 0.15) is 5.02 Å². The van der Waals surface area contributed by atoms with Gasteiger partial charge in [0.25, 0.3) is 15.7 Å². The molecular formula is C18H20Cl2N4O4S. The van der Waals surface area contributed by atoms with Crippen LogP contribution in [0.3, 0.4) is 0 Å². The van der Waals surface area contributed by atoms with Crippen molar-refractivity contribution in [2.24, 2.45) is 0 Å². The maximum Gasteiger partial charge on any atom is 0.289 e. The third-order valence-electron chi connectivity index (χ3n) is 4.79. The summed E-state index contributed by atoms with van der Waals surface area (Å²) in [6, 6.07) is 8.36. The zero-order valence-corrected chi connectivity index (χ0v) is 18.0. The molecule has 0 aromatic heterocycles. The Balaban J connectivity index is 1.92. The molecule has 1 saturated heterocycles. The molecule has 1 heterocycles. The van der Waals surface area contributed by atoms with Crippen molar-refractivity contribution in [1.82, 2.24) is 4.90 Å². The van der Waals surface area contributed by atoms with Crippen LogP contribution in [0.1, 0.15) is 6.92 Å². The number of anilines is 2. The molecule has 3 rings (SSSR count). The lowest BCUT2D eigenvalue weighted by Gasteiger charge is -2.36. The summed E-state index contributed by atoms with van der Waals surface area (Å²) in [5, 5.41) is 11.3. The zero-order valence-electron chi connectivity index (χ0n) is 15.6. The van der Waals surface area contributed by atoms with Gasteiger partial charge in [-0.05, 0) is 36.9 Å². The predicted octanol–water partition coefficient (Wildman–Crippen LogP) is 3.84. The lowest BCUT2D eigenvalue weighted by Crippen LogP contribution is -2.46. The summed E-state index contributed by atoms with van der Waals surface area (Å²) in [7, 11) is -4.09. The molecular weight excluding hydrogens is 439 g/mol. The first kappa shape index (κ1) is 21.6. The highest BCUT2D eigenvalue weighted by Gasteiger charge is 2.24. The molecule has 29 heavy (non-hydrogen) atoms. The number of piperazine rings is 1. The number of hydrogen-bond donors (Lipinski definition) is 1. The maximum absolute atomic E-state index is 12.9. The second-order valence-corrected chi connectivity index (χ2v) is 9.08. The maximum atomic E-state index is 12.9. The van der Waals surface area contributed by atoms with Crippen molar-refractivity contribution in [3.63, 3.8) is 0 Å². The lowest BCUT2D eigenvalue weighted by atomic mass is 10.2. The van der Waals surface area contributed by atoms with E-state index in [1.54, 1.807) is 12.1 Å². The van der Waals surface area contributed by atoms with Gasteiger partial charge in [-0.2, -0.15) is 0 Å². The number of sulfonamides is 1. The van der Waals surface area contributed by atoms with E-state index in [1.165, 1.54) is 18.2 Å². The number of rotatable bonds is 6. The number of benzene rings is 2. The van der Waals surface area contributed by atoms with Crippen LogP contribution in [0.15, 0.2) is 41.3 Å². The van der Waals surface area contributed by atoms with Crippen LogP contribution in [0.25, 0.3) is 0 Å². The fraction of sp³-hybridized carbons (Fsp3) is 0.333. The Morgan fingerprint density at radius 1 is 1.10 bits per heavy atom. The molecule has 2 aromatic carbocycles.